The van der Waals surface area contributed by atoms with Gasteiger partial charge in [-0.15, -0.1) is 0 Å². The third kappa shape index (κ3) is 3.06. The van der Waals surface area contributed by atoms with Crippen molar-refractivity contribution in [3.8, 4) is 0 Å². The van der Waals surface area contributed by atoms with Crippen molar-refractivity contribution in [3.63, 3.8) is 0 Å². The van der Waals surface area contributed by atoms with Crippen molar-refractivity contribution in [1.29, 1.82) is 0 Å². The second-order valence-corrected chi connectivity index (χ2v) is 4.33. The van der Waals surface area contributed by atoms with Crippen molar-refractivity contribution in [2.75, 3.05) is 0 Å². The van der Waals surface area contributed by atoms with Gasteiger partial charge in [-0.2, -0.15) is 0 Å². The first-order valence-electron chi connectivity index (χ1n) is 4.27. The van der Waals surface area contributed by atoms with Crippen LogP contribution in [-0.2, 0) is 4.57 Å². The molecule has 1 unspecified atom stereocenters. The SMILES string of the molecule is Cc1ccc(C(=O)[PH](=O)[O-])c(C)c1C.[Li+]. The summed E-state index contributed by atoms with van der Waals surface area (Å²) in [5.41, 5.74) is 2.32. The van der Waals surface area contributed by atoms with E-state index in [0.717, 1.165) is 16.7 Å². The fourth-order valence-electron chi connectivity index (χ4n) is 1.31. The maximum atomic E-state index is 11.2. The van der Waals surface area contributed by atoms with Crippen LogP contribution < -0.4 is 23.8 Å². The Morgan fingerprint density at radius 2 is 1.73 bits per heavy atom. The largest absolute Gasteiger partial charge is 1.00 e. The predicted octanol–water partition coefficient (Wildman–Crippen LogP) is -1.41. The second-order valence-electron chi connectivity index (χ2n) is 3.30. The van der Waals surface area contributed by atoms with Crippen molar-refractivity contribution >= 4 is 13.6 Å². The molecule has 0 heterocycles. The molecule has 15 heavy (non-hydrogen) atoms. The zero-order chi connectivity index (χ0) is 10.9. The van der Waals surface area contributed by atoms with Crippen molar-refractivity contribution in [2.24, 2.45) is 0 Å². The Kier molecular flexibility index (Phi) is 5.56. The van der Waals surface area contributed by atoms with Crippen LogP contribution in [0.15, 0.2) is 12.1 Å². The minimum absolute atomic E-state index is 0. The number of benzene rings is 1. The van der Waals surface area contributed by atoms with Crippen LogP contribution in [0.2, 0.25) is 0 Å². The first-order valence-corrected chi connectivity index (χ1v) is 5.59. The Morgan fingerprint density at radius 1 is 1.20 bits per heavy atom. The minimum Gasteiger partial charge on any atom is -0.796 e. The zero-order valence-electron chi connectivity index (χ0n) is 9.38. The van der Waals surface area contributed by atoms with Crippen LogP contribution in [0.25, 0.3) is 0 Å². The summed E-state index contributed by atoms with van der Waals surface area (Å²) in [5.74, 6) is 0. The van der Waals surface area contributed by atoms with E-state index in [1.807, 2.05) is 13.8 Å². The number of carbonyl (C=O) groups excluding carboxylic acids is 1. The maximum absolute atomic E-state index is 11.2. The van der Waals surface area contributed by atoms with E-state index in [-0.39, 0.29) is 18.9 Å². The van der Waals surface area contributed by atoms with Crippen LogP contribution in [0.4, 0.5) is 0 Å². The van der Waals surface area contributed by atoms with Crippen molar-refractivity contribution in [3.05, 3.63) is 34.4 Å². The molecule has 0 radical (unpaired) electrons. The molecule has 5 heteroatoms. The fourth-order valence-corrected chi connectivity index (χ4v) is 1.80. The summed E-state index contributed by atoms with van der Waals surface area (Å²) in [7, 11) is -3.35. The molecule has 0 aliphatic heterocycles. The van der Waals surface area contributed by atoms with Gasteiger partial charge in [0.15, 0.2) is 0 Å². The molecular weight excluding hydrogens is 206 g/mol. The molecule has 0 spiro atoms. The Morgan fingerprint density at radius 3 is 2.20 bits per heavy atom. The van der Waals surface area contributed by atoms with E-state index in [9.17, 15) is 14.3 Å². The van der Waals surface area contributed by atoms with Gasteiger partial charge in [-0.1, -0.05) is 12.1 Å². The molecule has 3 nitrogen and oxygen atoms in total. The summed E-state index contributed by atoms with van der Waals surface area (Å²) < 4.78 is 10.6. The smallest absolute Gasteiger partial charge is 0.796 e. The number of rotatable bonds is 2. The molecule has 0 fully saturated rings. The van der Waals surface area contributed by atoms with Gasteiger partial charge >= 0.3 is 18.9 Å². The Balaban J connectivity index is 0.00000196. The molecule has 1 rings (SSSR count). The Hall–Kier alpha value is -0.323. The zero-order valence-corrected chi connectivity index (χ0v) is 10.4. The summed E-state index contributed by atoms with van der Waals surface area (Å²) in [4.78, 5) is 21.8. The topological polar surface area (TPSA) is 57.2 Å². The Labute approximate surface area is 102 Å². The molecule has 0 saturated heterocycles. The number of hydrogen-bond donors (Lipinski definition) is 0. The number of aryl methyl sites for hydroxylation is 1. The van der Waals surface area contributed by atoms with Gasteiger partial charge < -0.3 is 9.46 Å². The molecule has 0 aliphatic carbocycles. The van der Waals surface area contributed by atoms with E-state index in [2.05, 4.69) is 0 Å². The molecule has 0 amide bonds. The van der Waals surface area contributed by atoms with E-state index in [1.165, 1.54) is 0 Å². The quantitative estimate of drug-likeness (QED) is 0.452. The predicted molar refractivity (Wildman–Crippen MR) is 54.0 cm³/mol. The standard InChI is InChI=1S/C10H13O3P.Li/c1-6-4-5-9(8(3)7(6)2)10(11)14(12)13;/h4-5,14H,1-3H3,(H,12,13);/q;+1/p-1. The summed E-state index contributed by atoms with van der Waals surface area (Å²) >= 11 is 0. The molecule has 1 atom stereocenters. The monoisotopic (exact) mass is 218 g/mol. The van der Waals surface area contributed by atoms with E-state index < -0.39 is 13.6 Å². The maximum Gasteiger partial charge on any atom is 1.00 e. The van der Waals surface area contributed by atoms with E-state index in [4.69, 9.17) is 0 Å². The van der Waals surface area contributed by atoms with Gasteiger partial charge in [0.1, 0.15) is 0 Å². The van der Waals surface area contributed by atoms with Gasteiger partial charge in [0.2, 0.25) is 5.52 Å². The molecule has 0 aromatic heterocycles. The molecule has 0 bridgehead atoms. The first-order chi connectivity index (χ1) is 6.45. The van der Waals surface area contributed by atoms with Crippen molar-refractivity contribution < 1.29 is 33.1 Å². The van der Waals surface area contributed by atoms with Crippen LogP contribution >= 0.6 is 8.03 Å². The van der Waals surface area contributed by atoms with Crippen LogP contribution in [0.1, 0.15) is 27.0 Å². The molecular formula is C10H12LiO3P. The normalized spacial score (nSPS) is 11.7. The van der Waals surface area contributed by atoms with Crippen LogP contribution in [0.3, 0.4) is 0 Å². The van der Waals surface area contributed by atoms with Gasteiger partial charge in [-0.3, -0.25) is 4.79 Å². The molecule has 0 saturated carbocycles. The average Bonchev–Trinajstić information content (AvgIpc) is 2.13. The van der Waals surface area contributed by atoms with Crippen molar-refractivity contribution in [1.82, 2.24) is 0 Å². The second kappa shape index (κ2) is 5.68. The van der Waals surface area contributed by atoms with E-state index in [1.54, 1.807) is 19.1 Å². The van der Waals surface area contributed by atoms with E-state index >= 15 is 0 Å². The van der Waals surface area contributed by atoms with Gasteiger partial charge in [0, 0.05) is 5.56 Å². The van der Waals surface area contributed by atoms with Crippen molar-refractivity contribution in [2.45, 2.75) is 20.8 Å². The Bertz CT molecular complexity index is 415. The third-order valence-corrected chi connectivity index (χ3v) is 3.13. The molecule has 1 aromatic rings. The first kappa shape index (κ1) is 14.7. The minimum atomic E-state index is -3.35. The van der Waals surface area contributed by atoms with Crippen LogP contribution in [0.5, 0.6) is 0 Å². The summed E-state index contributed by atoms with van der Waals surface area (Å²) in [5, 5.41) is 0. The van der Waals surface area contributed by atoms with Gasteiger partial charge in [0.25, 0.3) is 0 Å². The third-order valence-electron chi connectivity index (χ3n) is 2.49. The summed E-state index contributed by atoms with van der Waals surface area (Å²) in [6.07, 6.45) is 0. The van der Waals surface area contributed by atoms with E-state index in [0.29, 0.717) is 5.56 Å². The molecule has 1 aromatic carbocycles. The van der Waals surface area contributed by atoms with Gasteiger partial charge in [-0.05, 0) is 37.5 Å². The van der Waals surface area contributed by atoms with Gasteiger partial charge in [-0.25, -0.2) is 0 Å². The molecule has 76 valence electrons. The van der Waals surface area contributed by atoms with Crippen LogP contribution in [0, 0.1) is 20.8 Å². The average molecular weight is 218 g/mol. The van der Waals surface area contributed by atoms with Gasteiger partial charge in [0.05, 0.1) is 8.03 Å². The number of hydrogen-bond acceptors (Lipinski definition) is 3. The summed E-state index contributed by atoms with van der Waals surface area (Å²) in [6.45, 7) is 5.57. The van der Waals surface area contributed by atoms with Crippen LogP contribution in [-0.4, -0.2) is 5.52 Å². The number of carbonyl (C=O) groups is 1. The molecule has 0 aliphatic rings. The molecule has 0 N–H and O–H groups in total. The summed E-state index contributed by atoms with van der Waals surface area (Å²) in [6, 6.07) is 3.33. The fraction of sp³-hybridized carbons (Fsp3) is 0.300.